The standard InChI is InChI=1S/C20H24N4O2S/c1-4-6-12-23(3)18(25)16(13-21)20-24(5-2)19(26)17(27-20)14-22-15-10-8-7-9-11-15/h7-11,14,22H,4-6,12H2,1-3H3/b17-14+,20-16-. The Balaban J connectivity index is 2.52. The van der Waals surface area contributed by atoms with Gasteiger partial charge in [0.2, 0.25) is 0 Å². The number of anilines is 1. The summed E-state index contributed by atoms with van der Waals surface area (Å²) in [4.78, 5) is 26.9. The molecular weight excluding hydrogens is 360 g/mol. The van der Waals surface area contributed by atoms with E-state index in [1.54, 1.807) is 13.2 Å². The van der Waals surface area contributed by atoms with Crippen molar-refractivity contribution in [2.45, 2.75) is 33.2 Å². The van der Waals surface area contributed by atoms with E-state index in [1.807, 2.05) is 50.2 Å². The SMILES string of the molecule is CCCCN(C)C(=O)/C(C#N)=c1\s/c(=C/Nc2ccccc2)c(=O)n1CC. The van der Waals surface area contributed by atoms with Gasteiger partial charge in [-0.3, -0.25) is 14.2 Å². The van der Waals surface area contributed by atoms with Crippen LogP contribution in [0.2, 0.25) is 0 Å². The Labute approximate surface area is 162 Å². The summed E-state index contributed by atoms with van der Waals surface area (Å²) >= 11 is 1.16. The molecule has 6 nitrogen and oxygen atoms in total. The minimum absolute atomic E-state index is 0.0110. The average molecular weight is 385 g/mol. The lowest BCUT2D eigenvalue weighted by Gasteiger charge is -2.15. The van der Waals surface area contributed by atoms with Gasteiger partial charge in [-0.05, 0) is 25.5 Å². The number of unbranched alkanes of at least 4 members (excludes halogenated alkanes) is 1. The van der Waals surface area contributed by atoms with E-state index < -0.39 is 0 Å². The zero-order valence-electron chi connectivity index (χ0n) is 15.9. The lowest BCUT2D eigenvalue weighted by atomic mass is 10.2. The largest absolute Gasteiger partial charge is 0.360 e. The molecule has 2 aromatic rings. The molecule has 0 spiro atoms. The maximum absolute atomic E-state index is 12.7. The van der Waals surface area contributed by atoms with Crippen molar-refractivity contribution in [3.8, 4) is 6.07 Å². The van der Waals surface area contributed by atoms with Crippen LogP contribution in [0.1, 0.15) is 26.7 Å². The van der Waals surface area contributed by atoms with Gasteiger partial charge in [-0.15, -0.1) is 11.3 Å². The fourth-order valence-electron chi connectivity index (χ4n) is 2.55. The van der Waals surface area contributed by atoms with E-state index in [0.29, 0.717) is 22.3 Å². The lowest BCUT2D eigenvalue weighted by molar-refractivity contribution is -0.123. The van der Waals surface area contributed by atoms with Crippen LogP contribution in [0.3, 0.4) is 0 Å². The fourth-order valence-corrected chi connectivity index (χ4v) is 3.63. The number of para-hydroxylation sites is 1. The summed E-state index contributed by atoms with van der Waals surface area (Å²) in [6.45, 7) is 4.84. The number of amides is 1. The molecule has 0 unspecified atom stereocenters. The Morgan fingerprint density at radius 3 is 2.63 bits per heavy atom. The van der Waals surface area contributed by atoms with Crippen LogP contribution in [0.25, 0.3) is 11.8 Å². The molecule has 0 saturated carbocycles. The van der Waals surface area contributed by atoms with Crippen LogP contribution < -0.4 is 20.1 Å². The van der Waals surface area contributed by atoms with Gasteiger partial charge in [-0.1, -0.05) is 31.5 Å². The summed E-state index contributed by atoms with van der Waals surface area (Å²) in [5.41, 5.74) is 0.657. The highest BCUT2D eigenvalue weighted by Crippen LogP contribution is 2.04. The topological polar surface area (TPSA) is 78.1 Å². The second kappa shape index (κ2) is 9.74. The first-order chi connectivity index (χ1) is 13.0. The molecule has 7 heteroatoms. The number of carbonyl (C=O) groups excluding carboxylic acids is 1. The Bertz CT molecular complexity index is 999. The number of thiazole rings is 1. The van der Waals surface area contributed by atoms with Crippen molar-refractivity contribution in [2.24, 2.45) is 0 Å². The van der Waals surface area contributed by atoms with Gasteiger partial charge in [0.05, 0.1) is 0 Å². The predicted molar refractivity (Wildman–Crippen MR) is 110 cm³/mol. The molecule has 0 aliphatic rings. The smallest absolute Gasteiger partial charge is 0.270 e. The summed E-state index contributed by atoms with van der Waals surface area (Å²) in [5.74, 6) is -0.350. The molecule has 27 heavy (non-hydrogen) atoms. The van der Waals surface area contributed by atoms with Crippen LogP contribution in [0.15, 0.2) is 35.1 Å². The van der Waals surface area contributed by atoms with Gasteiger partial charge in [0.1, 0.15) is 15.3 Å². The maximum Gasteiger partial charge on any atom is 0.270 e. The Kier molecular flexibility index (Phi) is 7.38. The van der Waals surface area contributed by atoms with E-state index in [1.165, 1.54) is 9.47 Å². The molecule has 0 radical (unpaired) electrons. The molecule has 0 saturated heterocycles. The van der Waals surface area contributed by atoms with E-state index in [2.05, 4.69) is 5.32 Å². The summed E-state index contributed by atoms with van der Waals surface area (Å²) in [6, 6.07) is 11.5. The van der Waals surface area contributed by atoms with Crippen molar-refractivity contribution in [2.75, 3.05) is 18.9 Å². The molecular formula is C20H24N4O2S. The Morgan fingerprint density at radius 1 is 1.33 bits per heavy atom. The van der Waals surface area contributed by atoms with Crippen molar-refractivity contribution in [3.05, 3.63) is 49.9 Å². The maximum atomic E-state index is 12.7. The first-order valence-electron chi connectivity index (χ1n) is 8.94. The first-order valence-corrected chi connectivity index (χ1v) is 9.76. The second-order valence-corrected chi connectivity index (χ2v) is 7.07. The van der Waals surface area contributed by atoms with Crippen LogP contribution in [-0.4, -0.2) is 29.0 Å². The van der Waals surface area contributed by atoms with E-state index in [-0.39, 0.29) is 17.0 Å². The molecule has 0 fully saturated rings. The molecule has 0 bridgehead atoms. The highest BCUT2D eigenvalue weighted by Gasteiger charge is 2.18. The predicted octanol–water partition coefficient (Wildman–Crippen LogP) is 1.71. The number of nitriles is 1. The molecule has 1 aromatic heterocycles. The van der Waals surface area contributed by atoms with Gasteiger partial charge in [-0.25, -0.2) is 0 Å². The number of carbonyl (C=O) groups is 1. The van der Waals surface area contributed by atoms with Gasteiger partial charge in [-0.2, -0.15) is 5.26 Å². The van der Waals surface area contributed by atoms with Crippen molar-refractivity contribution in [1.29, 1.82) is 5.26 Å². The molecule has 0 atom stereocenters. The summed E-state index contributed by atoms with van der Waals surface area (Å²) < 4.78 is 2.33. The molecule has 0 aliphatic heterocycles. The van der Waals surface area contributed by atoms with Crippen LogP contribution in [0, 0.1) is 11.3 Å². The van der Waals surface area contributed by atoms with Crippen molar-refractivity contribution in [3.63, 3.8) is 0 Å². The Morgan fingerprint density at radius 2 is 2.04 bits per heavy atom. The minimum Gasteiger partial charge on any atom is -0.360 e. The van der Waals surface area contributed by atoms with Crippen molar-refractivity contribution in [1.82, 2.24) is 9.47 Å². The zero-order chi connectivity index (χ0) is 19.8. The van der Waals surface area contributed by atoms with E-state index >= 15 is 0 Å². The number of benzene rings is 1. The molecule has 2 rings (SSSR count). The zero-order valence-corrected chi connectivity index (χ0v) is 16.7. The van der Waals surface area contributed by atoms with Crippen LogP contribution in [0.4, 0.5) is 5.69 Å². The minimum atomic E-state index is -0.350. The summed E-state index contributed by atoms with van der Waals surface area (Å²) in [6.07, 6.45) is 3.45. The third kappa shape index (κ3) is 4.86. The quantitative estimate of drug-likeness (QED) is 0.788. The number of hydrogen-bond donors (Lipinski definition) is 1. The van der Waals surface area contributed by atoms with E-state index in [4.69, 9.17) is 0 Å². The number of nitrogens with one attached hydrogen (secondary N) is 1. The second-order valence-electron chi connectivity index (χ2n) is 6.04. The van der Waals surface area contributed by atoms with Crippen LogP contribution >= 0.6 is 11.3 Å². The Hall–Kier alpha value is -2.85. The number of nitrogens with zero attached hydrogens (tertiary/aromatic N) is 3. The van der Waals surface area contributed by atoms with Crippen molar-refractivity contribution >= 4 is 34.7 Å². The third-order valence-electron chi connectivity index (χ3n) is 4.10. The molecule has 1 amide bonds. The molecule has 0 aliphatic carbocycles. The monoisotopic (exact) mass is 384 g/mol. The van der Waals surface area contributed by atoms with Gasteiger partial charge in [0.15, 0.2) is 5.57 Å². The number of aromatic nitrogens is 1. The summed E-state index contributed by atoms with van der Waals surface area (Å²) in [7, 11) is 1.68. The van der Waals surface area contributed by atoms with E-state index in [0.717, 1.165) is 29.9 Å². The highest BCUT2D eigenvalue weighted by atomic mass is 32.1. The third-order valence-corrected chi connectivity index (χ3v) is 5.23. The van der Waals surface area contributed by atoms with Gasteiger partial charge < -0.3 is 10.2 Å². The molecule has 1 aromatic carbocycles. The van der Waals surface area contributed by atoms with Crippen LogP contribution in [-0.2, 0) is 11.3 Å². The number of hydrogen-bond acceptors (Lipinski definition) is 5. The average Bonchev–Trinajstić information content (AvgIpc) is 3.01. The van der Waals surface area contributed by atoms with E-state index in [9.17, 15) is 14.9 Å². The van der Waals surface area contributed by atoms with Gasteiger partial charge in [0, 0.05) is 32.0 Å². The van der Waals surface area contributed by atoms with Crippen LogP contribution in [0.5, 0.6) is 0 Å². The van der Waals surface area contributed by atoms with Gasteiger partial charge >= 0.3 is 0 Å². The molecule has 142 valence electrons. The fraction of sp³-hybridized carbons (Fsp3) is 0.350. The van der Waals surface area contributed by atoms with Gasteiger partial charge in [0.25, 0.3) is 11.5 Å². The molecule has 1 N–H and O–H groups in total. The highest BCUT2D eigenvalue weighted by molar-refractivity contribution is 7.07. The lowest BCUT2D eigenvalue weighted by Crippen LogP contribution is -2.35. The number of rotatable bonds is 7. The first kappa shape index (κ1) is 20.5. The molecule has 1 heterocycles. The summed E-state index contributed by atoms with van der Waals surface area (Å²) in [5, 5.41) is 12.7. The normalized spacial score (nSPS) is 12.4. The van der Waals surface area contributed by atoms with Crippen molar-refractivity contribution < 1.29 is 4.79 Å².